The lowest BCUT2D eigenvalue weighted by Gasteiger charge is -2.22. The molecule has 6 aromatic carbocycles. The Bertz CT molecular complexity index is 2270. The van der Waals surface area contributed by atoms with E-state index in [4.69, 9.17) is 9.47 Å². The maximum atomic E-state index is 11.9. The summed E-state index contributed by atoms with van der Waals surface area (Å²) in [6.07, 6.45) is 2.40. The third-order valence-corrected chi connectivity index (χ3v) is 9.47. The van der Waals surface area contributed by atoms with Gasteiger partial charge in [0, 0.05) is 23.3 Å². The Balaban J connectivity index is 1.29. The van der Waals surface area contributed by atoms with Crippen LogP contribution in [0.3, 0.4) is 0 Å². The zero-order valence-corrected chi connectivity index (χ0v) is 26.9. The number of phenols is 7. The fourth-order valence-corrected chi connectivity index (χ4v) is 7.24. The zero-order valence-electron chi connectivity index (χ0n) is 26.9. The summed E-state index contributed by atoms with van der Waals surface area (Å²) < 4.78 is 13.2. The first-order chi connectivity index (χ1) is 24.6. The average Bonchev–Trinajstić information content (AvgIpc) is 3.68. The van der Waals surface area contributed by atoms with Crippen molar-refractivity contribution in [2.45, 2.75) is 24.0 Å². The molecule has 51 heavy (non-hydrogen) atoms. The number of hydrogen-bond donors (Lipinski definition) is 7. The van der Waals surface area contributed by atoms with Crippen molar-refractivity contribution in [2.24, 2.45) is 0 Å². The van der Waals surface area contributed by atoms with Crippen molar-refractivity contribution in [2.75, 3.05) is 0 Å². The van der Waals surface area contributed by atoms with Crippen LogP contribution in [0.1, 0.15) is 68.6 Å². The first-order valence-corrected chi connectivity index (χ1v) is 16.3. The summed E-state index contributed by atoms with van der Waals surface area (Å²) in [6, 6.07) is 30.9. The van der Waals surface area contributed by atoms with E-state index in [0.717, 1.165) is 16.7 Å². The van der Waals surface area contributed by atoms with Crippen molar-refractivity contribution >= 4 is 12.2 Å². The molecular formula is C42H32O9. The molecule has 0 aliphatic carbocycles. The molecule has 0 radical (unpaired) electrons. The summed E-state index contributed by atoms with van der Waals surface area (Å²) in [5, 5.41) is 73.3. The van der Waals surface area contributed by atoms with Gasteiger partial charge in [0.1, 0.15) is 64.0 Å². The van der Waals surface area contributed by atoms with Crippen molar-refractivity contribution in [3.63, 3.8) is 0 Å². The molecule has 0 bridgehead atoms. The lowest BCUT2D eigenvalue weighted by molar-refractivity contribution is 0.218. The third kappa shape index (κ3) is 5.84. The van der Waals surface area contributed by atoms with Crippen LogP contribution in [0.25, 0.3) is 12.2 Å². The highest BCUT2D eigenvalue weighted by molar-refractivity contribution is 5.76. The Hall–Kier alpha value is -6.74. The van der Waals surface area contributed by atoms with Crippen LogP contribution < -0.4 is 9.47 Å². The first-order valence-electron chi connectivity index (χ1n) is 16.3. The summed E-state index contributed by atoms with van der Waals surface area (Å²) >= 11 is 0. The lowest BCUT2D eigenvalue weighted by atomic mass is 9.80. The van der Waals surface area contributed by atoms with E-state index >= 15 is 0 Å². The van der Waals surface area contributed by atoms with Gasteiger partial charge in [0.15, 0.2) is 0 Å². The van der Waals surface area contributed by atoms with E-state index in [1.807, 2.05) is 18.2 Å². The molecular weight excluding hydrogens is 648 g/mol. The molecule has 4 atom stereocenters. The minimum absolute atomic E-state index is 0.00158. The molecule has 254 valence electrons. The fourth-order valence-electron chi connectivity index (χ4n) is 7.24. The molecule has 2 aliphatic rings. The topological polar surface area (TPSA) is 160 Å². The van der Waals surface area contributed by atoms with Gasteiger partial charge in [-0.1, -0.05) is 48.6 Å². The summed E-state index contributed by atoms with van der Waals surface area (Å²) in [4.78, 5) is 0. The molecule has 7 N–H and O–H groups in total. The highest BCUT2D eigenvalue weighted by atomic mass is 16.5. The van der Waals surface area contributed by atoms with E-state index in [0.29, 0.717) is 39.3 Å². The van der Waals surface area contributed by atoms with E-state index in [2.05, 4.69) is 0 Å². The fraction of sp³-hybridized carbons (Fsp3) is 0.0952. The molecule has 6 aromatic rings. The largest absolute Gasteiger partial charge is 0.508 e. The monoisotopic (exact) mass is 680 g/mol. The van der Waals surface area contributed by atoms with Crippen molar-refractivity contribution < 1.29 is 45.2 Å². The Labute approximate surface area is 292 Å². The van der Waals surface area contributed by atoms with Crippen molar-refractivity contribution in [1.29, 1.82) is 0 Å². The molecule has 0 amide bonds. The maximum Gasteiger partial charge on any atom is 0.135 e. The molecule has 9 heteroatoms. The van der Waals surface area contributed by atoms with Gasteiger partial charge in [-0.2, -0.15) is 0 Å². The average molecular weight is 681 g/mol. The molecule has 0 aromatic heterocycles. The van der Waals surface area contributed by atoms with Gasteiger partial charge in [-0.25, -0.2) is 0 Å². The molecule has 0 fully saturated rings. The number of hydrogen-bond acceptors (Lipinski definition) is 9. The third-order valence-electron chi connectivity index (χ3n) is 9.47. The Morgan fingerprint density at radius 2 is 0.863 bits per heavy atom. The zero-order chi connectivity index (χ0) is 35.4. The Morgan fingerprint density at radius 3 is 1.43 bits per heavy atom. The lowest BCUT2D eigenvalue weighted by Crippen LogP contribution is -2.12. The minimum Gasteiger partial charge on any atom is -0.508 e. The molecule has 0 saturated heterocycles. The number of fused-ring (bicyclic) bond motifs is 2. The van der Waals surface area contributed by atoms with Crippen molar-refractivity contribution in [1.82, 2.24) is 0 Å². The first kappa shape index (κ1) is 31.5. The summed E-state index contributed by atoms with van der Waals surface area (Å²) in [6.45, 7) is 0. The minimum atomic E-state index is -0.691. The van der Waals surface area contributed by atoms with Crippen LogP contribution in [-0.4, -0.2) is 35.7 Å². The van der Waals surface area contributed by atoms with Gasteiger partial charge >= 0.3 is 0 Å². The number of phenolic OH excluding ortho intramolecular Hbond substituents is 7. The van der Waals surface area contributed by atoms with Crippen LogP contribution in [-0.2, 0) is 0 Å². The number of rotatable bonds is 6. The number of ether oxygens (including phenoxy) is 2. The molecule has 0 unspecified atom stereocenters. The van der Waals surface area contributed by atoms with E-state index < -0.39 is 24.0 Å². The molecule has 2 aliphatic heterocycles. The molecule has 0 saturated carbocycles. The second-order valence-electron chi connectivity index (χ2n) is 12.8. The smallest absolute Gasteiger partial charge is 0.135 e. The Kier molecular flexibility index (Phi) is 7.60. The van der Waals surface area contributed by atoms with Crippen molar-refractivity contribution in [3.05, 3.63) is 160 Å². The standard InChI is InChI=1S/C42H32O9/c43-28-9-2-22(3-10-28)1-4-25-15-33(48)21-36-37(25)38(41(51-36)23-5-11-29(44)12-6-23)27-18-34(49)40-35(19-27)50-42(24-7-13-30(45)14-8-24)39(40)26-16-31(46)20-32(47)17-26/h1-21,38-39,41-49H/b4-1+/t38-,39+,41+,42-/m1/s1. The quantitative estimate of drug-likeness (QED) is 0.0858. The molecule has 2 heterocycles. The second-order valence-corrected chi connectivity index (χ2v) is 12.8. The van der Waals surface area contributed by atoms with Gasteiger partial charge in [-0.15, -0.1) is 0 Å². The highest BCUT2D eigenvalue weighted by Crippen LogP contribution is 2.58. The van der Waals surface area contributed by atoms with Crippen LogP contribution in [0.15, 0.2) is 115 Å². The molecule has 9 nitrogen and oxygen atoms in total. The number of aromatic hydroxyl groups is 7. The van der Waals surface area contributed by atoms with Crippen LogP contribution in [0.5, 0.6) is 51.7 Å². The maximum absolute atomic E-state index is 11.9. The highest BCUT2D eigenvalue weighted by Gasteiger charge is 2.43. The van der Waals surface area contributed by atoms with Gasteiger partial charge in [-0.05, 0) is 100 Å². The van der Waals surface area contributed by atoms with E-state index in [1.54, 1.807) is 91.0 Å². The van der Waals surface area contributed by atoms with Crippen LogP contribution in [0.2, 0.25) is 0 Å². The van der Waals surface area contributed by atoms with Gasteiger partial charge < -0.3 is 45.2 Å². The van der Waals surface area contributed by atoms with Gasteiger partial charge in [0.25, 0.3) is 0 Å². The van der Waals surface area contributed by atoms with Gasteiger partial charge in [0.05, 0.1) is 11.8 Å². The SMILES string of the molecule is Oc1ccc(/C=C/c2cc(O)cc3c2[C@@H](c2cc(O)c4c(c2)O[C@H](c2ccc(O)cc2)[C@H]4c2cc(O)cc(O)c2)[C@H](c2ccc(O)cc2)O3)cc1. The van der Waals surface area contributed by atoms with Crippen molar-refractivity contribution in [3.8, 4) is 51.7 Å². The van der Waals surface area contributed by atoms with Crippen LogP contribution >= 0.6 is 0 Å². The predicted octanol–water partition coefficient (Wildman–Crippen LogP) is 8.33. The van der Waals surface area contributed by atoms with Gasteiger partial charge in [0.2, 0.25) is 0 Å². The molecule has 8 rings (SSSR count). The summed E-state index contributed by atoms with van der Waals surface area (Å²) in [5.41, 5.74) is 5.31. The van der Waals surface area contributed by atoms with E-state index in [-0.39, 0.29) is 40.2 Å². The van der Waals surface area contributed by atoms with Crippen LogP contribution in [0.4, 0.5) is 0 Å². The summed E-state index contributed by atoms with van der Waals surface area (Å²) in [7, 11) is 0. The normalized spacial score (nSPS) is 19.0. The molecule has 0 spiro atoms. The second kappa shape index (κ2) is 12.3. The van der Waals surface area contributed by atoms with E-state index in [1.165, 1.54) is 18.2 Å². The Morgan fingerprint density at radius 1 is 0.392 bits per heavy atom. The van der Waals surface area contributed by atoms with Gasteiger partial charge in [-0.3, -0.25) is 0 Å². The number of benzene rings is 6. The summed E-state index contributed by atoms with van der Waals surface area (Å²) in [5.74, 6) is -0.400. The van der Waals surface area contributed by atoms with Crippen LogP contribution in [0, 0.1) is 0 Å². The predicted molar refractivity (Wildman–Crippen MR) is 190 cm³/mol. The van der Waals surface area contributed by atoms with E-state index in [9.17, 15) is 35.7 Å².